The summed E-state index contributed by atoms with van der Waals surface area (Å²) in [5.74, 6) is 1.82. The van der Waals surface area contributed by atoms with E-state index in [9.17, 15) is 0 Å². The van der Waals surface area contributed by atoms with Crippen LogP contribution in [-0.4, -0.2) is 45.4 Å². The summed E-state index contributed by atoms with van der Waals surface area (Å²) < 4.78 is 11.0. The lowest BCUT2D eigenvalue weighted by molar-refractivity contribution is 0.146. The van der Waals surface area contributed by atoms with Gasteiger partial charge in [-0.1, -0.05) is 19.1 Å². The van der Waals surface area contributed by atoms with Crippen molar-refractivity contribution in [1.82, 2.24) is 10.6 Å². The molecule has 0 saturated carbocycles. The fraction of sp³-hybridized carbons (Fsp3) is 0.632. The standard InChI is InChI=1S/C19H33N3O2/c1-4-14-24-18-10-7-9-17(16-18)11-13-22-19(20-5-2)21-12-8-15-23-6-3/h7,9-10,16H,4-6,8,11-15H2,1-3H3,(H2,20,21,22). The molecule has 24 heavy (non-hydrogen) atoms. The fourth-order valence-corrected chi connectivity index (χ4v) is 2.18. The fourth-order valence-electron chi connectivity index (χ4n) is 2.18. The Morgan fingerprint density at radius 2 is 2.00 bits per heavy atom. The molecule has 0 aliphatic heterocycles. The second-order valence-corrected chi connectivity index (χ2v) is 5.48. The lowest BCUT2D eigenvalue weighted by Crippen LogP contribution is -2.38. The number of rotatable bonds is 12. The van der Waals surface area contributed by atoms with E-state index in [1.54, 1.807) is 0 Å². The Labute approximate surface area is 146 Å². The number of hydrogen-bond donors (Lipinski definition) is 2. The first kappa shape index (κ1) is 20.3. The molecule has 0 saturated heterocycles. The average molecular weight is 335 g/mol. The second kappa shape index (κ2) is 13.7. The van der Waals surface area contributed by atoms with Crippen LogP contribution in [-0.2, 0) is 11.2 Å². The Morgan fingerprint density at radius 3 is 2.75 bits per heavy atom. The summed E-state index contributed by atoms with van der Waals surface area (Å²) in [5.41, 5.74) is 1.27. The third kappa shape index (κ3) is 9.40. The number of aliphatic imine (C=N–C) groups is 1. The van der Waals surface area contributed by atoms with E-state index in [-0.39, 0.29) is 0 Å². The quantitative estimate of drug-likeness (QED) is 0.350. The molecule has 0 unspecified atom stereocenters. The highest BCUT2D eigenvalue weighted by Gasteiger charge is 2.00. The van der Waals surface area contributed by atoms with Gasteiger partial charge in [-0.2, -0.15) is 0 Å². The minimum absolute atomic E-state index is 0.765. The number of nitrogens with one attached hydrogen (secondary N) is 2. The highest BCUT2D eigenvalue weighted by Crippen LogP contribution is 2.13. The van der Waals surface area contributed by atoms with E-state index in [4.69, 9.17) is 9.47 Å². The summed E-state index contributed by atoms with van der Waals surface area (Å²) in [5, 5.41) is 6.65. The maximum absolute atomic E-state index is 5.68. The monoisotopic (exact) mass is 335 g/mol. The van der Waals surface area contributed by atoms with Crippen molar-refractivity contribution >= 4 is 5.96 Å². The van der Waals surface area contributed by atoms with Gasteiger partial charge in [0.1, 0.15) is 5.75 Å². The van der Waals surface area contributed by atoms with Gasteiger partial charge in [-0.15, -0.1) is 0 Å². The van der Waals surface area contributed by atoms with Gasteiger partial charge in [0, 0.05) is 32.8 Å². The summed E-state index contributed by atoms with van der Waals surface area (Å²) in [6.45, 7) is 11.0. The zero-order valence-electron chi connectivity index (χ0n) is 15.4. The van der Waals surface area contributed by atoms with Gasteiger partial charge in [-0.3, -0.25) is 4.99 Å². The normalized spacial score (nSPS) is 11.4. The maximum atomic E-state index is 5.68. The molecule has 1 aromatic carbocycles. The number of benzene rings is 1. The van der Waals surface area contributed by atoms with Crippen molar-refractivity contribution < 1.29 is 9.47 Å². The molecule has 2 N–H and O–H groups in total. The van der Waals surface area contributed by atoms with Crippen LogP contribution in [0.25, 0.3) is 0 Å². The molecule has 1 rings (SSSR count). The zero-order chi connectivity index (χ0) is 17.5. The van der Waals surface area contributed by atoms with Gasteiger partial charge in [0.2, 0.25) is 0 Å². The molecule has 0 radical (unpaired) electrons. The first-order valence-electron chi connectivity index (χ1n) is 9.11. The molecule has 0 aliphatic rings. The molecule has 136 valence electrons. The molecular weight excluding hydrogens is 302 g/mol. The minimum atomic E-state index is 0.765. The van der Waals surface area contributed by atoms with Crippen LogP contribution in [0.2, 0.25) is 0 Å². The van der Waals surface area contributed by atoms with E-state index in [0.29, 0.717) is 0 Å². The topological polar surface area (TPSA) is 54.9 Å². The third-order valence-electron chi connectivity index (χ3n) is 3.34. The zero-order valence-corrected chi connectivity index (χ0v) is 15.4. The molecule has 0 fully saturated rings. The van der Waals surface area contributed by atoms with Crippen LogP contribution in [0.3, 0.4) is 0 Å². The molecular formula is C19H33N3O2. The van der Waals surface area contributed by atoms with Crippen molar-refractivity contribution in [2.24, 2.45) is 4.99 Å². The van der Waals surface area contributed by atoms with Crippen LogP contribution in [0.15, 0.2) is 29.3 Å². The summed E-state index contributed by atoms with van der Waals surface area (Å²) in [6.07, 6.45) is 2.91. The molecule has 0 heterocycles. The number of hydrogen-bond acceptors (Lipinski definition) is 3. The maximum Gasteiger partial charge on any atom is 0.191 e. The van der Waals surface area contributed by atoms with E-state index in [2.05, 4.69) is 41.6 Å². The molecule has 0 atom stereocenters. The lowest BCUT2D eigenvalue weighted by Gasteiger charge is -2.12. The Balaban J connectivity index is 2.37. The third-order valence-corrected chi connectivity index (χ3v) is 3.34. The van der Waals surface area contributed by atoms with Crippen molar-refractivity contribution in [3.8, 4) is 5.75 Å². The van der Waals surface area contributed by atoms with Gasteiger partial charge in [-0.05, 0) is 50.8 Å². The predicted molar refractivity (Wildman–Crippen MR) is 101 cm³/mol. The molecule has 5 nitrogen and oxygen atoms in total. The van der Waals surface area contributed by atoms with Crippen molar-refractivity contribution in [3.63, 3.8) is 0 Å². The Hall–Kier alpha value is -1.75. The highest BCUT2D eigenvalue weighted by molar-refractivity contribution is 5.79. The van der Waals surface area contributed by atoms with Gasteiger partial charge in [0.15, 0.2) is 5.96 Å². The van der Waals surface area contributed by atoms with E-state index in [1.807, 2.05) is 19.1 Å². The molecule has 0 aromatic heterocycles. The smallest absolute Gasteiger partial charge is 0.191 e. The molecule has 5 heteroatoms. The van der Waals surface area contributed by atoms with Crippen LogP contribution in [0, 0.1) is 0 Å². The highest BCUT2D eigenvalue weighted by atomic mass is 16.5. The van der Waals surface area contributed by atoms with Crippen molar-refractivity contribution in [2.45, 2.75) is 40.0 Å². The number of ether oxygens (including phenoxy) is 2. The summed E-state index contributed by atoms with van der Waals surface area (Å²) in [4.78, 5) is 4.56. The molecule has 0 spiro atoms. The van der Waals surface area contributed by atoms with Crippen molar-refractivity contribution in [2.75, 3.05) is 39.5 Å². The lowest BCUT2D eigenvalue weighted by atomic mass is 10.1. The van der Waals surface area contributed by atoms with Crippen LogP contribution in [0.1, 0.15) is 39.2 Å². The molecule has 0 bridgehead atoms. The van der Waals surface area contributed by atoms with Crippen molar-refractivity contribution in [1.29, 1.82) is 0 Å². The van der Waals surface area contributed by atoms with Gasteiger partial charge in [0.05, 0.1) is 6.61 Å². The summed E-state index contributed by atoms with van der Waals surface area (Å²) in [6, 6.07) is 8.31. The average Bonchev–Trinajstić information content (AvgIpc) is 2.60. The minimum Gasteiger partial charge on any atom is -0.494 e. The van der Waals surface area contributed by atoms with Crippen LogP contribution in [0.5, 0.6) is 5.75 Å². The second-order valence-electron chi connectivity index (χ2n) is 5.48. The predicted octanol–water partition coefficient (Wildman–Crippen LogP) is 3.00. The van der Waals surface area contributed by atoms with Crippen LogP contribution in [0.4, 0.5) is 0 Å². The van der Waals surface area contributed by atoms with E-state index < -0.39 is 0 Å². The van der Waals surface area contributed by atoms with Gasteiger partial charge >= 0.3 is 0 Å². The van der Waals surface area contributed by atoms with E-state index >= 15 is 0 Å². The molecule has 0 aliphatic carbocycles. The summed E-state index contributed by atoms with van der Waals surface area (Å²) in [7, 11) is 0. The van der Waals surface area contributed by atoms with Crippen LogP contribution < -0.4 is 15.4 Å². The van der Waals surface area contributed by atoms with E-state index in [0.717, 1.165) is 70.4 Å². The number of nitrogens with zero attached hydrogens (tertiary/aromatic N) is 1. The van der Waals surface area contributed by atoms with Gasteiger partial charge < -0.3 is 20.1 Å². The molecule has 0 amide bonds. The summed E-state index contributed by atoms with van der Waals surface area (Å²) >= 11 is 0. The van der Waals surface area contributed by atoms with Crippen molar-refractivity contribution in [3.05, 3.63) is 29.8 Å². The van der Waals surface area contributed by atoms with E-state index in [1.165, 1.54) is 5.56 Å². The number of guanidine groups is 1. The SMILES string of the molecule is CCCOc1cccc(CCNC(=NCCCOCC)NCC)c1. The Bertz CT molecular complexity index is 464. The molecule has 1 aromatic rings. The Morgan fingerprint density at radius 1 is 1.12 bits per heavy atom. The first-order chi connectivity index (χ1) is 11.8. The van der Waals surface area contributed by atoms with Crippen LogP contribution >= 0.6 is 0 Å². The largest absolute Gasteiger partial charge is 0.494 e. The van der Waals surface area contributed by atoms with Gasteiger partial charge in [0.25, 0.3) is 0 Å². The van der Waals surface area contributed by atoms with Gasteiger partial charge in [-0.25, -0.2) is 0 Å². The first-order valence-corrected chi connectivity index (χ1v) is 9.11. The Kier molecular flexibility index (Phi) is 11.6.